The summed E-state index contributed by atoms with van der Waals surface area (Å²) in [5.41, 5.74) is 0.790. The van der Waals surface area contributed by atoms with Gasteiger partial charge in [0.1, 0.15) is 5.82 Å². The zero-order chi connectivity index (χ0) is 15.4. The lowest BCUT2D eigenvalue weighted by molar-refractivity contribution is -0.136. The van der Waals surface area contributed by atoms with Gasteiger partial charge in [-0.2, -0.15) is 0 Å². The normalized spacial score (nSPS) is 10.2. The van der Waals surface area contributed by atoms with E-state index < -0.39 is 17.7 Å². The number of carbonyl (C=O) groups excluding carboxylic acids is 1. The van der Waals surface area contributed by atoms with Crippen molar-refractivity contribution >= 4 is 29.2 Å². The number of anilines is 1. The molecule has 0 atom stereocenters. The smallest absolute Gasteiger partial charge is 0.307 e. The van der Waals surface area contributed by atoms with E-state index >= 15 is 0 Å². The van der Waals surface area contributed by atoms with E-state index in [0.717, 1.165) is 6.07 Å². The minimum absolute atomic E-state index is 0.0122. The van der Waals surface area contributed by atoms with Crippen molar-refractivity contribution in [1.29, 1.82) is 0 Å². The number of nitrogens with one attached hydrogen (secondary N) is 1. The standard InChI is InChI=1S/C15H11ClFNO3/c16-14-10(5-3-6-11(14)17)15(21)18-12-7-2-1-4-9(12)8-13(19)20/h1-7H,8H2,(H,18,21)(H,19,20). The molecule has 0 aliphatic heterocycles. The van der Waals surface area contributed by atoms with Crippen LogP contribution in [0.2, 0.25) is 5.02 Å². The van der Waals surface area contributed by atoms with Crippen molar-refractivity contribution in [3.05, 3.63) is 64.4 Å². The number of amides is 1. The fraction of sp³-hybridized carbons (Fsp3) is 0.0667. The van der Waals surface area contributed by atoms with Crippen molar-refractivity contribution in [3.63, 3.8) is 0 Å². The van der Waals surface area contributed by atoms with Crippen LogP contribution in [0.25, 0.3) is 0 Å². The molecular weight excluding hydrogens is 297 g/mol. The molecule has 1 amide bonds. The van der Waals surface area contributed by atoms with Crippen molar-refractivity contribution < 1.29 is 19.1 Å². The van der Waals surface area contributed by atoms with Gasteiger partial charge in [-0.3, -0.25) is 9.59 Å². The molecular formula is C15H11ClFNO3. The second kappa shape index (κ2) is 6.37. The summed E-state index contributed by atoms with van der Waals surface area (Å²) in [5.74, 6) is -2.30. The van der Waals surface area contributed by atoms with E-state index in [2.05, 4.69) is 5.32 Å². The fourth-order valence-electron chi connectivity index (χ4n) is 1.83. The minimum atomic E-state index is -1.01. The Morgan fingerprint density at radius 1 is 1.14 bits per heavy atom. The molecule has 0 heterocycles. The molecule has 21 heavy (non-hydrogen) atoms. The molecule has 0 aliphatic rings. The van der Waals surface area contributed by atoms with Gasteiger partial charge in [-0.25, -0.2) is 4.39 Å². The number of carboxylic acid groups (broad SMARTS) is 1. The number of carbonyl (C=O) groups is 2. The van der Waals surface area contributed by atoms with Crippen LogP contribution < -0.4 is 5.32 Å². The van der Waals surface area contributed by atoms with E-state index in [-0.39, 0.29) is 17.0 Å². The highest BCUT2D eigenvalue weighted by Crippen LogP contribution is 2.22. The summed E-state index contributed by atoms with van der Waals surface area (Å²) >= 11 is 5.75. The first-order chi connectivity index (χ1) is 9.99. The van der Waals surface area contributed by atoms with Gasteiger partial charge in [-0.1, -0.05) is 35.9 Å². The number of carboxylic acids is 1. The Morgan fingerprint density at radius 2 is 1.86 bits per heavy atom. The predicted octanol–water partition coefficient (Wildman–Crippen LogP) is 3.36. The van der Waals surface area contributed by atoms with Gasteiger partial charge in [0.25, 0.3) is 5.91 Å². The molecule has 2 rings (SSSR count). The average Bonchev–Trinajstić information content (AvgIpc) is 2.43. The first-order valence-electron chi connectivity index (χ1n) is 6.04. The van der Waals surface area contributed by atoms with Gasteiger partial charge in [-0.15, -0.1) is 0 Å². The summed E-state index contributed by atoms with van der Waals surface area (Å²) in [6.45, 7) is 0. The average molecular weight is 308 g/mol. The highest BCUT2D eigenvalue weighted by molar-refractivity contribution is 6.34. The van der Waals surface area contributed by atoms with E-state index in [4.69, 9.17) is 16.7 Å². The third-order valence-electron chi connectivity index (χ3n) is 2.80. The monoisotopic (exact) mass is 307 g/mol. The summed E-state index contributed by atoms with van der Waals surface area (Å²) in [6, 6.07) is 10.4. The van der Waals surface area contributed by atoms with E-state index in [1.165, 1.54) is 12.1 Å². The van der Waals surface area contributed by atoms with Gasteiger partial charge in [-0.05, 0) is 23.8 Å². The first-order valence-corrected chi connectivity index (χ1v) is 6.42. The Morgan fingerprint density at radius 3 is 2.57 bits per heavy atom. The Labute approximate surface area is 125 Å². The van der Waals surface area contributed by atoms with Gasteiger partial charge in [0.2, 0.25) is 0 Å². The minimum Gasteiger partial charge on any atom is -0.481 e. The SMILES string of the molecule is O=C(O)Cc1ccccc1NC(=O)c1cccc(F)c1Cl. The van der Waals surface area contributed by atoms with Crippen molar-refractivity contribution in [2.75, 3.05) is 5.32 Å². The Hall–Kier alpha value is -2.40. The molecule has 4 nitrogen and oxygen atoms in total. The summed E-state index contributed by atoms with van der Waals surface area (Å²) in [6.07, 6.45) is -0.229. The third-order valence-corrected chi connectivity index (χ3v) is 3.19. The van der Waals surface area contributed by atoms with E-state index in [1.54, 1.807) is 24.3 Å². The molecule has 0 saturated heterocycles. The summed E-state index contributed by atoms with van der Waals surface area (Å²) in [4.78, 5) is 22.9. The van der Waals surface area contributed by atoms with Crippen LogP contribution in [0.15, 0.2) is 42.5 Å². The van der Waals surface area contributed by atoms with Crippen LogP contribution in [0.1, 0.15) is 15.9 Å². The van der Waals surface area contributed by atoms with Crippen LogP contribution in [-0.2, 0) is 11.2 Å². The summed E-state index contributed by atoms with van der Waals surface area (Å²) in [5, 5.41) is 11.1. The molecule has 2 aromatic carbocycles. The van der Waals surface area contributed by atoms with Crippen LogP contribution >= 0.6 is 11.6 Å². The number of hydrogen-bond donors (Lipinski definition) is 2. The number of aliphatic carboxylic acids is 1. The maximum Gasteiger partial charge on any atom is 0.307 e. The molecule has 0 aromatic heterocycles. The van der Waals surface area contributed by atoms with Crippen molar-refractivity contribution in [1.82, 2.24) is 0 Å². The molecule has 0 unspecified atom stereocenters. The molecule has 0 aliphatic carbocycles. The van der Waals surface area contributed by atoms with Gasteiger partial charge in [0.05, 0.1) is 17.0 Å². The summed E-state index contributed by atoms with van der Waals surface area (Å²) < 4.78 is 13.3. The maximum atomic E-state index is 13.3. The third kappa shape index (κ3) is 3.58. The lowest BCUT2D eigenvalue weighted by Gasteiger charge is -2.10. The van der Waals surface area contributed by atoms with Gasteiger partial charge >= 0.3 is 5.97 Å². The van der Waals surface area contributed by atoms with E-state index in [9.17, 15) is 14.0 Å². The lowest BCUT2D eigenvalue weighted by atomic mass is 10.1. The molecule has 0 radical (unpaired) electrons. The van der Waals surface area contributed by atoms with Crippen LogP contribution in [-0.4, -0.2) is 17.0 Å². The Balaban J connectivity index is 2.28. The largest absolute Gasteiger partial charge is 0.481 e. The van der Waals surface area contributed by atoms with Gasteiger partial charge in [0, 0.05) is 5.69 Å². The zero-order valence-corrected chi connectivity index (χ0v) is 11.5. The molecule has 6 heteroatoms. The Kier molecular flexibility index (Phi) is 4.55. The zero-order valence-electron chi connectivity index (χ0n) is 10.8. The lowest BCUT2D eigenvalue weighted by Crippen LogP contribution is -2.15. The number of benzene rings is 2. The highest BCUT2D eigenvalue weighted by Gasteiger charge is 2.15. The number of hydrogen-bond acceptors (Lipinski definition) is 2. The van der Waals surface area contributed by atoms with Gasteiger partial charge in [0.15, 0.2) is 0 Å². The van der Waals surface area contributed by atoms with Crippen LogP contribution in [0, 0.1) is 5.82 Å². The van der Waals surface area contributed by atoms with Crippen LogP contribution in [0.5, 0.6) is 0 Å². The Bertz CT molecular complexity index is 703. The number of halogens is 2. The molecule has 0 spiro atoms. The van der Waals surface area contributed by atoms with Crippen molar-refractivity contribution in [2.24, 2.45) is 0 Å². The molecule has 0 bridgehead atoms. The molecule has 2 aromatic rings. The highest BCUT2D eigenvalue weighted by atomic mass is 35.5. The maximum absolute atomic E-state index is 13.3. The molecule has 2 N–H and O–H groups in total. The molecule has 0 fully saturated rings. The van der Waals surface area contributed by atoms with Crippen LogP contribution in [0.3, 0.4) is 0 Å². The second-order valence-corrected chi connectivity index (χ2v) is 4.66. The van der Waals surface area contributed by atoms with E-state index in [0.29, 0.717) is 11.3 Å². The predicted molar refractivity (Wildman–Crippen MR) is 77.1 cm³/mol. The topological polar surface area (TPSA) is 66.4 Å². The molecule has 0 saturated carbocycles. The number of rotatable bonds is 4. The second-order valence-electron chi connectivity index (χ2n) is 4.28. The van der Waals surface area contributed by atoms with Crippen molar-refractivity contribution in [2.45, 2.75) is 6.42 Å². The van der Waals surface area contributed by atoms with E-state index in [1.807, 2.05) is 0 Å². The van der Waals surface area contributed by atoms with Gasteiger partial charge < -0.3 is 10.4 Å². The quantitative estimate of drug-likeness (QED) is 0.910. The summed E-state index contributed by atoms with van der Waals surface area (Å²) in [7, 11) is 0. The molecule has 108 valence electrons. The number of para-hydroxylation sites is 1. The fourth-order valence-corrected chi connectivity index (χ4v) is 2.04. The van der Waals surface area contributed by atoms with Crippen LogP contribution in [0.4, 0.5) is 10.1 Å². The van der Waals surface area contributed by atoms with Crippen molar-refractivity contribution in [3.8, 4) is 0 Å². The first kappa shape index (κ1) is 15.0.